The van der Waals surface area contributed by atoms with Gasteiger partial charge < -0.3 is 15.0 Å². The van der Waals surface area contributed by atoms with Crippen molar-refractivity contribution in [2.24, 2.45) is 0 Å². The molecule has 1 heterocycles. The van der Waals surface area contributed by atoms with Gasteiger partial charge >= 0.3 is 0 Å². The molecule has 21 heavy (non-hydrogen) atoms. The first kappa shape index (κ1) is 15.5. The Balaban J connectivity index is 1.99. The topological polar surface area (TPSA) is 67.0 Å². The second kappa shape index (κ2) is 6.72. The molecule has 0 saturated heterocycles. The predicted octanol–water partition coefficient (Wildman–Crippen LogP) is 2.61. The Labute approximate surface area is 125 Å². The first-order valence-corrected chi connectivity index (χ1v) is 7.36. The number of carbonyl (C=O) groups is 1. The molecule has 0 saturated carbocycles. The lowest BCUT2D eigenvalue weighted by atomic mass is 10.1. The molecule has 0 aliphatic rings. The Morgan fingerprint density at radius 3 is 2.81 bits per heavy atom. The highest BCUT2D eigenvalue weighted by molar-refractivity contribution is 5.80. The SMILES string of the molecule is CCCO[C@@H](C)C(=O)NCc1nc2cc(C)c(C)cc2[nH]1. The minimum Gasteiger partial charge on any atom is -0.369 e. The van der Waals surface area contributed by atoms with Gasteiger partial charge in [0.25, 0.3) is 0 Å². The fourth-order valence-electron chi connectivity index (χ4n) is 2.09. The Hall–Kier alpha value is -1.88. The lowest BCUT2D eigenvalue weighted by molar-refractivity contribution is -0.131. The van der Waals surface area contributed by atoms with E-state index in [9.17, 15) is 4.79 Å². The van der Waals surface area contributed by atoms with Gasteiger partial charge in [-0.1, -0.05) is 6.92 Å². The van der Waals surface area contributed by atoms with Gasteiger partial charge in [0, 0.05) is 6.61 Å². The number of amides is 1. The van der Waals surface area contributed by atoms with Crippen LogP contribution in [0.15, 0.2) is 12.1 Å². The molecule has 0 spiro atoms. The first-order valence-electron chi connectivity index (χ1n) is 7.36. The summed E-state index contributed by atoms with van der Waals surface area (Å²) in [6.45, 7) is 8.89. The molecule has 2 rings (SSSR count). The van der Waals surface area contributed by atoms with E-state index in [-0.39, 0.29) is 5.91 Å². The van der Waals surface area contributed by atoms with E-state index in [1.807, 2.05) is 6.92 Å². The molecule has 0 unspecified atom stereocenters. The van der Waals surface area contributed by atoms with Gasteiger partial charge in [-0.25, -0.2) is 4.98 Å². The molecule has 2 N–H and O–H groups in total. The number of carbonyl (C=O) groups excluding carboxylic acids is 1. The van der Waals surface area contributed by atoms with Crippen molar-refractivity contribution >= 4 is 16.9 Å². The number of aromatic nitrogens is 2. The average Bonchev–Trinajstić information content (AvgIpc) is 2.84. The first-order chi connectivity index (χ1) is 10.0. The summed E-state index contributed by atoms with van der Waals surface area (Å²) in [6.07, 6.45) is 0.471. The van der Waals surface area contributed by atoms with Crippen LogP contribution in [0, 0.1) is 13.8 Å². The number of aryl methyl sites for hydroxylation is 2. The van der Waals surface area contributed by atoms with Crippen molar-refractivity contribution < 1.29 is 9.53 Å². The summed E-state index contributed by atoms with van der Waals surface area (Å²) >= 11 is 0. The van der Waals surface area contributed by atoms with Crippen LogP contribution >= 0.6 is 0 Å². The van der Waals surface area contributed by atoms with Gasteiger partial charge in [-0.3, -0.25) is 4.79 Å². The minimum atomic E-state index is -0.432. The molecule has 0 aliphatic carbocycles. The fourth-order valence-corrected chi connectivity index (χ4v) is 2.09. The van der Waals surface area contributed by atoms with Gasteiger partial charge in [-0.05, 0) is 50.5 Å². The molecular formula is C16H23N3O2. The number of nitrogens with one attached hydrogen (secondary N) is 2. The maximum atomic E-state index is 11.9. The number of hydrogen-bond donors (Lipinski definition) is 2. The van der Waals surface area contributed by atoms with E-state index >= 15 is 0 Å². The van der Waals surface area contributed by atoms with Crippen molar-refractivity contribution in [3.63, 3.8) is 0 Å². The second-order valence-corrected chi connectivity index (χ2v) is 5.37. The van der Waals surface area contributed by atoms with Crippen molar-refractivity contribution in [2.45, 2.75) is 46.8 Å². The molecule has 1 atom stereocenters. The van der Waals surface area contributed by atoms with Gasteiger partial charge in [0.15, 0.2) is 0 Å². The number of ether oxygens (including phenoxy) is 1. The van der Waals surface area contributed by atoms with Gasteiger partial charge in [0.1, 0.15) is 11.9 Å². The quantitative estimate of drug-likeness (QED) is 0.859. The van der Waals surface area contributed by atoms with Gasteiger partial charge in [-0.15, -0.1) is 0 Å². The van der Waals surface area contributed by atoms with Crippen molar-refractivity contribution in [1.29, 1.82) is 0 Å². The smallest absolute Gasteiger partial charge is 0.249 e. The van der Waals surface area contributed by atoms with Crippen LogP contribution in [0.3, 0.4) is 0 Å². The molecule has 1 aromatic heterocycles. The Bertz CT molecular complexity index is 595. The number of benzene rings is 1. The monoisotopic (exact) mass is 289 g/mol. The largest absolute Gasteiger partial charge is 0.369 e. The zero-order chi connectivity index (χ0) is 15.4. The molecule has 0 radical (unpaired) electrons. The van der Waals surface area contributed by atoms with Crippen LogP contribution in [0.1, 0.15) is 37.2 Å². The van der Waals surface area contributed by atoms with E-state index in [1.165, 1.54) is 11.1 Å². The summed E-state index contributed by atoms with van der Waals surface area (Å²) in [7, 11) is 0. The van der Waals surface area contributed by atoms with Crippen LogP contribution in [0.2, 0.25) is 0 Å². The van der Waals surface area contributed by atoms with Crippen LogP contribution in [0.5, 0.6) is 0 Å². The van der Waals surface area contributed by atoms with Crippen LogP contribution in [0.4, 0.5) is 0 Å². The maximum absolute atomic E-state index is 11.9. The van der Waals surface area contributed by atoms with Gasteiger partial charge in [0.05, 0.1) is 17.6 Å². The third-order valence-electron chi connectivity index (χ3n) is 3.52. The Morgan fingerprint density at radius 2 is 2.10 bits per heavy atom. The van der Waals surface area contributed by atoms with Gasteiger partial charge in [-0.2, -0.15) is 0 Å². The highest BCUT2D eigenvalue weighted by Gasteiger charge is 2.13. The second-order valence-electron chi connectivity index (χ2n) is 5.37. The number of H-pyrrole nitrogens is 1. The molecule has 5 heteroatoms. The number of nitrogens with zero attached hydrogens (tertiary/aromatic N) is 1. The number of aromatic amines is 1. The summed E-state index contributed by atoms with van der Waals surface area (Å²) in [4.78, 5) is 19.6. The molecular weight excluding hydrogens is 266 g/mol. The van der Waals surface area contributed by atoms with E-state index < -0.39 is 6.10 Å². The molecule has 5 nitrogen and oxygen atoms in total. The van der Waals surface area contributed by atoms with Gasteiger partial charge in [0.2, 0.25) is 5.91 Å². The number of hydrogen-bond acceptors (Lipinski definition) is 3. The fraction of sp³-hybridized carbons (Fsp3) is 0.500. The summed E-state index contributed by atoms with van der Waals surface area (Å²) < 4.78 is 5.39. The van der Waals surface area contributed by atoms with E-state index in [4.69, 9.17) is 4.74 Å². The summed E-state index contributed by atoms with van der Waals surface area (Å²) in [6, 6.07) is 4.13. The number of rotatable bonds is 6. The molecule has 1 amide bonds. The van der Waals surface area contributed by atoms with Crippen molar-refractivity contribution in [3.05, 3.63) is 29.1 Å². The molecule has 114 valence electrons. The molecule has 2 aromatic rings. The van der Waals surface area contributed by atoms with Crippen molar-refractivity contribution in [2.75, 3.05) is 6.61 Å². The minimum absolute atomic E-state index is 0.115. The van der Waals surface area contributed by atoms with E-state index in [2.05, 4.69) is 41.3 Å². The zero-order valence-electron chi connectivity index (χ0n) is 13.1. The zero-order valence-corrected chi connectivity index (χ0v) is 13.1. The van der Waals surface area contributed by atoms with E-state index in [0.29, 0.717) is 13.2 Å². The summed E-state index contributed by atoms with van der Waals surface area (Å²) in [5.41, 5.74) is 4.37. The standard InChI is InChI=1S/C16H23N3O2/c1-5-6-21-12(4)16(20)17-9-15-18-13-7-10(2)11(3)8-14(13)19-15/h7-8,12H,5-6,9H2,1-4H3,(H,17,20)(H,18,19)/t12-/m0/s1. The predicted molar refractivity (Wildman–Crippen MR) is 83.1 cm³/mol. The number of fused-ring (bicyclic) bond motifs is 1. The lowest BCUT2D eigenvalue weighted by Crippen LogP contribution is -2.34. The molecule has 0 bridgehead atoms. The average molecular weight is 289 g/mol. The Morgan fingerprint density at radius 1 is 1.38 bits per heavy atom. The van der Waals surface area contributed by atoms with E-state index in [0.717, 1.165) is 23.3 Å². The highest BCUT2D eigenvalue weighted by Crippen LogP contribution is 2.17. The lowest BCUT2D eigenvalue weighted by Gasteiger charge is -2.11. The van der Waals surface area contributed by atoms with Crippen LogP contribution in [-0.4, -0.2) is 28.6 Å². The normalized spacial score (nSPS) is 12.6. The number of imidazole rings is 1. The molecule has 0 aliphatic heterocycles. The van der Waals surface area contributed by atoms with Crippen LogP contribution < -0.4 is 5.32 Å². The van der Waals surface area contributed by atoms with Crippen molar-refractivity contribution in [1.82, 2.24) is 15.3 Å². The molecule has 0 fully saturated rings. The van der Waals surface area contributed by atoms with Crippen LogP contribution in [0.25, 0.3) is 11.0 Å². The highest BCUT2D eigenvalue weighted by atomic mass is 16.5. The summed E-state index contributed by atoms with van der Waals surface area (Å²) in [5.74, 6) is 0.641. The molecule has 1 aromatic carbocycles. The van der Waals surface area contributed by atoms with Crippen molar-refractivity contribution in [3.8, 4) is 0 Å². The van der Waals surface area contributed by atoms with E-state index in [1.54, 1.807) is 6.92 Å². The third-order valence-corrected chi connectivity index (χ3v) is 3.52. The maximum Gasteiger partial charge on any atom is 0.249 e. The van der Waals surface area contributed by atoms with Crippen LogP contribution in [-0.2, 0) is 16.1 Å². The Kier molecular flexibility index (Phi) is 4.96. The summed E-state index contributed by atoms with van der Waals surface area (Å²) in [5, 5.41) is 2.84. The third kappa shape index (κ3) is 3.82.